The number of hydrogen-bond acceptors (Lipinski definition) is 7. The quantitative estimate of drug-likeness (QED) is 0.0483. The monoisotopic (exact) mass is 836 g/mol. The third-order valence-electron chi connectivity index (χ3n) is 12.7. The van der Waals surface area contributed by atoms with Gasteiger partial charge < -0.3 is 19.3 Å². The molecule has 350 valence electrons. The number of rotatable bonds is 44. The van der Waals surface area contributed by atoms with Crippen LogP contribution in [0.25, 0.3) is 0 Å². The summed E-state index contributed by atoms with van der Waals surface area (Å²) >= 11 is 0. The highest BCUT2D eigenvalue weighted by molar-refractivity contribution is 5.69. The minimum Gasteiger partial charge on any atom is -0.462 e. The topological polar surface area (TPSA) is 85.3 Å². The molecule has 0 aliphatic carbocycles. The Labute approximate surface area is 367 Å². The van der Waals surface area contributed by atoms with Crippen molar-refractivity contribution in [1.29, 1.82) is 0 Å². The maximum Gasteiger partial charge on any atom is 0.306 e. The molecular formula is C52H101NO6. The summed E-state index contributed by atoms with van der Waals surface area (Å²) in [5.41, 5.74) is 0. The lowest BCUT2D eigenvalue weighted by Gasteiger charge is -2.38. The van der Waals surface area contributed by atoms with E-state index < -0.39 is 0 Å². The second-order valence-corrected chi connectivity index (χ2v) is 18.5. The molecule has 0 bridgehead atoms. The lowest BCUT2D eigenvalue weighted by atomic mass is 10.0. The Balaban J connectivity index is 2.40. The van der Waals surface area contributed by atoms with Crippen molar-refractivity contribution in [2.24, 2.45) is 0 Å². The van der Waals surface area contributed by atoms with Gasteiger partial charge in [0, 0.05) is 32.5 Å². The minimum atomic E-state index is -0.00974. The van der Waals surface area contributed by atoms with Crippen LogP contribution in [0.15, 0.2) is 0 Å². The fourth-order valence-corrected chi connectivity index (χ4v) is 8.91. The van der Waals surface area contributed by atoms with Crippen LogP contribution in [0.1, 0.15) is 272 Å². The molecule has 2 atom stereocenters. The number of esters is 2. The average Bonchev–Trinajstić information content (AvgIpc) is 3.22. The molecule has 1 aliphatic rings. The SMILES string of the molecule is CCCCCCCCC(CCCCCCCC)OC(=O)CCCCCC1CN(CCO)CC(CCCCCC(=O)OC(CCCCCCCC)CCCCCCCC)O1. The second-order valence-electron chi connectivity index (χ2n) is 18.5. The molecule has 0 amide bonds. The zero-order valence-corrected chi connectivity index (χ0v) is 39.9. The van der Waals surface area contributed by atoms with Crippen LogP contribution in [-0.2, 0) is 23.8 Å². The van der Waals surface area contributed by atoms with Crippen LogP contribution < -0.4 is 0 Å². The van der Waals surface area contributed by atoms with E-state index in [0.29, 0.717) is 19.4 Å². The Morgan fingerprint density at radius 3 is 1.10 bits per heavy atom. The molecular weight excluding hydrogens is 735 g/mol. The van der Waals surface area contributed by atoms with Crippen LogP contribution >= 0.6 is 0 Å². The molecule has 1 rings (SSSR count). The second kappa shape index (κ2) is 42.1. The predicted molar refractivity (Wildman–Crippen MR) is 250 cm³/mol. The molecule has 2 unspecified atom stereocenters. The maximum atomic E-state index is 12.9. The van der Waals surface area contributed by atoms with Crippen molar-refractivity contribution in [1.82, 2.24) is 4.90 Å². The highest BCUT2D eigenvalue weighted by Crippen LogP contribution is 2.23. The van der Waals surface area contributed by atoms with E-state index in [1.54, 1.807) is 0 Å². The van der Waals surface area contributed by atoms with Gasteiger partial charge in [-0.3, -0.25) is 14.5 Å². The van der Waals surface area contributed by atoms with Crippen LogP contribution in [0, 0.1) is 0 Å². The van der Waals surface area contributed by atoms with Crippen LogP contribution in [0.5, 0.6) is 0 Å². The zero-order chi connectivity index (χ0) is 42.9. The van der Waals surface area contributed by atoms with E-state index in [2.05, 4.69) is 32.6 Å². The van der Waals surface area contributed by atoms with E-state index in [1.165, 1.54) is 154 Å². The van der Waals surface area contributed by atoms with E-state index in [1.807, 2.05) is 0 Å². The third-order valence-corrected chi connectivity index (χ3v) is 12.7. The van der Waals surface area contributed by atoms with Gasteiger partial charge in [-0.05, 0) is 77.0 Å². The van der Waals surface area contributed by atoms with Crippen LogP contribution in [-0.4, -0.2) is 72.6 Å². The number of unbranched alkanes of at least 4 members (excludes halogenated alkanes) is 24. The molecule has 1 saturated heterocycles. The fraction of sp³-hybridized carbons (Fsp3) is 0.962. The Hall–Kier alpha value is -1.18. The number of β-amino-alcohol motifs (C(OH)–C–C–N with tert-alkyl or cyclic N) is 1. The molecule has 59 heavy (non-hydrogen) atoms. The number of aliphatic hydroxyl groups excluding tert-OH is 1. The standard InChI is InChI=1S/C52H101NO6/c1-5-9-13-17-21-27-35-47(36-28-22-18-14-10-6-2)58-51(55)41-33-25-31-39-49-45-53(43-44-54)46-50(57-49)40-32-26-34-42-52(56)59-48(37-29-23-19-15-11-7-3)38-30-24-20-16-12-8-4/h47-50,54H,5-46H2,1-4H3. The van der Waals surface area contributed by atoms with Crippen LogP contribution in [0.2, 0.25) is 0 Å². The van der Waals surface area contributed by atoms with Crippen LogP contribution in [0.4, 0.5) is 0 Å². The Bertz CT molecular complexity index is 816. The smallest absolute Gasteiger partial charge is 0.306 e. The van der Waals surface area contributed by atoms with Crippen molar-refractivity contribution in [3.05, 3.63) is 0 Å². The van der Waals surface area contributed by atoms with Gasteiger partial charge in [0.05, 0.1) is 18.8 Å². The average molecular weight is 836 g/mol. The van der Waals surface area contributed by atoms with E-state index >= 15 is 0 Å². The van der Waals surface area contributed by atoms with Crippen molar-refractivity contribution in [2.45, 2.75) is 296 Å². The largest absolute Gasteiger partial charge is 0.462 e. The third kappa shape index (κ3) is 35.0. The van der Waals surface area contributed by atoms with Gasteiger partial charge in [-0.2, -0.15) is 0 Å². The number of carbonyl (C=O) groups excluding carboxylic acids is 2. The van der Waals surface area contributed by atoms with Gasteiger partial charge in [-0.15, -0.1) is 0 Å². The minimum absolute atomic E-state index is 0.00974. The molecule has 1 aliphatic heterocycles. The van der Waals surface area contributed by atoms with Crippen molar-refractivity contribution >= 4 is 11.9 Å². The molecule has 0 aromatic carbocycles. The van der Waals surface area contributed by atoms with Gasteiger partial charge in [0.15, 0.2) is 0 Å². The summed E-state index contributed by atoms with van der Waals surface area (Å²) in [4.78, 5) is 28.2. The van der Waals surface area contributed by atoms with Crippen LogP contribution in [0.3, 0.4) is 0 Å². The van der Waals surface area contributed by atoms with Crippen molar-refractivity contribution in [2.75, 3.05) is 26.2 Å². The van der Waals surface area contributed by atoms with E-state index in [0.717, 1.165) is 90.1 Å². The summed E-state index contributed by atoms with van der Waals surface area (Å²) in [6, 6.07) is 0. The molecule has 0 saturated carbocycles. The molecule has 1 heterocycles. The molecule has 7 nitrogen and oxygen atoms in total. The number of ether oxygens (including phenoxy) is 3. The first-order chi connectivity index (χ1) is 28.9. The van der Waals surface area contributed by atoms with Gasteiger partial charge in [0.2, 0.25) is 0 Å². The number of hydrogen-bond donors (Lipinski definition) is 1. The van der Waals surface area contributed by atoms with Gasteiger partial charge in [-0.25, -0.2) is 0 Å². The maximum absolute atomic E-state index is 12.9. The summed E-state index contributed by atoms with van der Waals surface area (Å²) in [5, 5.41) is 9.71. The Morgan fingerprint density at radius 2 is 0.780 bits per heavy atom. The summed E-state index contributed by atoms with van der Waals surface area (Å²) in [6.07, 6.45) is 43.9. The van der Waals surface area contributed by atoms with Crippen molar-refractivity contribution < 1.29 is 28.9 Å². The predicted octanol–water partition coefficient (Wildman–Crippen LogP) is 14.8. The molecule has 0 radical (unpaired) electrons. The number of carbonyl (C=O) groups is 2. The molecule has 0 aromatic heterocycles. The van der Waals surface area contributed by atoms with Gasteiger partial charge in [0.25, 0.3) is 0 Å². The summed E-state index contributed by atoms with van der Waals surface area (Å²) in [5.74, 6) is -0.0195. The zero-order valence-electron chi connectivity index (χ0n) is 39.9. The fourth-order valence-electron chi connectivity index (χ4n) is 8.91. The van der Waals surface area contributed by atoms with Gasteiger partial charge >= 0.3 is 11.9 Å². The summed E-state index contributed by atoms with van der Waals surface area (Å²) < 4.78 is 18.7. The van der Waals surface area contributed by atoms with E-state index in [9.17, 15) is 14.7 Å². The number of aliphatic hydroxyl groups is 1. The first-order valence-corrected chi connectivity index (χ1v) is 26.3. The first-order valence-electron chi connectivity index (χ1n) is 26.3. The van der Waals surface area contributed by atoms with E-state index in [4.69, 9.17) is 14.2 Å². The molecule has 7 heteroatoms. The van der Waals surface area contributed by atoms with Crippen molar-refractivity contribution in [3.63, 3.8) is 0 Å². The summed E-state index contributed by atoms with van der Waals surface area (Å²) in [7, 11) is 0. The molecule has 0 spiro atoms. The highest BCUT2D eigenvalue weighted by atomic mass is 16.5. The number of morpholine rings is 1. The van der Waals surface area contributed by atoms with Gasteiger partial charge in [-0.1, -0.05) is 182 Å². The Kier molecular flexibility index (Phi) is 39.9. The number of nitrogens with zero attached hydrogens (tertiary/aromatic N) is 1. The molecule has 1 N–H and O–H groups in total. The lowest BCUT2D eigenvalue weighted by molar-refractivity contribution is -0.151. The lowest BCUT2D eigenvalue weighted by Crippen LogP contribution is -2.48. The van der Waals surface area contributed by atoms with Gasteiger partial charge in [0.1, 0.15) is 12.2 Å². The summed E-state index contributed by atoms with van der Waals surface area (Å²) in [6.45, 7) is 11.6. The van der Waals surface area contributed by atoms with Crippen molar-refractivity contribution in [3.8, 4) is 0 Å². The van der Waals surface area contributed by atoms with E-state index in [-0.39, 0.29) is 43.0 Å². The Morgan fingerprint density at radius 1 is 0.475 bits per heavy atom. The molecule has 1 fully saturated rings. The molecule has 0 aromatic rings. The highest BCUT2D eigenvalue weighted by Gasteiger charge is 2.27. The first kappa shape index (κ1) is 55.8. The normalized spacial score (nSPS) is 16.1.